The topological polar surface area (TPSA) is 43.1 Å². The van der Waals surface area contributed by atoms with Crippen molar-refractivity contribution in [3.8, 4) is 17.1 Å². The molecule has 3 aromatic rings. The number of amides is 1. The number of benzene rings is 1. The van der Waals surface area contributed by atoms with Crippen LogP contribution in [0.4, 0.5) is 0 Å². The van der Waals surface area contributed by atoms with Crippen LogP contribution in [0.25, 0.3) is 17.1 Å². The SMILES string of the molecule is CC1CCN(C(=O)c2cc(-c3cccn3C)nn2-c2ccccc2)CC1. The molecule has 26 heavy (non-hydrogen) atoms. The second-order valence-corrected chi connectivity index (χ2v) is 7.14. The van der Waals surface area contributed by atoms with E-state index in [1.165, 1.54) is 0 Å². The fourth-order valence-electron chi connectivity index (χ4n) is 3.53. The summed E-state index contributed by atoms with van der Waals surface area (Å²) in [6, 6.07) is 15.8. The van der Waals surface area contributed by atoms with Gasteiger partial charge in [0.25, 0.3) is 5.91 Å². The number of aryl methyl sites for hydroxylation is 1. The predicted molar refractivity (Wildman–Crippen MR) is 102 cm³/mol. The molecule has 134 valence electrons. The molecule has 0 aliphatic carbocycles. The zero-order chi connectivity index (χ0) is 18.1. The highest BCUT2D eigenvalue weighted by atomic mass is 16.2. The molecule has 5 nitrogen and oxygen atoms in total. The number of likely N-dealkylation sites (tertiary alicyclic amines) is 1. The van der Waals surface area contributed by atoms with Gasteiger partial charge in [0.05, 0.1) is 11.4 Å². The number of rotatable bonds is 3. The van der Waals surface area contributed by atoms with Crippen LogP contribution < -0.4 is 0 Å². The Morgan fingerprint density at radius 1 is 1.08 bits per heavy atom. The number of carbonyl (C=O) groups excluding carboxylic acids is 1. The normalized spacial score (nSPS) is 15.4. The smallest absolute Gasteiger partial charge is 0.272 e. The van der Waals surface area contributed by atoms with Crippen LogP contribution in [0.1, 0.15) is 30.3 Å². The summed E-state index contributed by atoms with van der Waals surface area (Å²) in [6.45, 7) is 3.89. The number of carbonyl (C=O) groups is 1. The average Bonchev–Trinajstić information content (AvgIpc) is 3.28. The van der Waals surface area contributed by atoms with Crippen molar-refractivity contribution in [3.05, 3.63) is 60.4 Å². The molecule has 0 bridgehead atoms. The second kappa shape index (κ2) is 6.83. The molecule has 0 unspecified atom stereocenters. The van der Waals surface area contributed by atoms with Gasteiger partial charge in [-0.25, -0.2) is 4.68 Å². The molecule has 2 aromatic heterocycles. The average molecular weight is 348 g/mol. The van der Waals surface area contributed by atoms with Crippen molar-refractivity contribution in [2.45, 2.75) is 19.8 Å². The molecule has 4 rings (SSSR count). The molecule has 1 fully saturated rings. The van der Waals surface area contributed by atoms with Crippen LogP contribution in [-0.4, -0.2) is 38.2 Å². The Labute approximate surface area is 153 Å². The first-order valence-electron chi connectivity index (χ1n) is 9.20. The summed E-state index contributed by atoms with van der Waals surface area (Å²) in [5.41, 5.74) is 3.35. The summed E-state index contributed by atoms with van der Waals surface area (Å²) in [5, 5.41) is 4.76. The van der Waals surface area contributed by atoms with Gasteiger partial charge >= 0.3 is 0 Å². The highest BCUT2D eigenvalue weighted by molar-refractivity contribution is 5.94. The molecule has 1 amide bonds. The molecule has 3 heterocycles. The lowest BCUT2D eigenvalue weighted by molar-refractivity contribution is 0.0688. The molecule has 0 N–H and O–H groups in total. The largest absolute Gasteiger partial charge is 0.349 e. The predicted octanol–water partition coefficient (Wildman–Crippen LogP) is 3.75. The molecule has 0 radical (unpaired) electrons. The molecule has 1 aliphatic heterocycles. The molecular formula is C21H24N4O. The number of hydrogen-bond donors (Lipinski definition) is 0. The van der Waals surface area contributed by atoms with Gasteiger partial charge in [0, 0.05) is 26.3 Å². The first-order chi connectivity index (χ1) is 12.6. The lowest BCUT2D eigenvalue weighted by atomic mass is 9.99. The van der Waals surface area contributed by atoms with Crippen molar-refractivity contribution in [3.63, 3.8) is 0 Å². The van der Waals surface area contributed by atoms with Crippen molar-refractivity contribution >= 4 is 5.91 Å². The lowest BCUT2D eigenvalue weighted by Crippen LogP contribution is -2.38. The Morgan fingerprint density at radius 3 is 2.46 bits per heavy atom. The minimum absolute atomic E-state index is 0.0636. The Hall–Kier alpha value is -2.82. The molecule has 1 aromatic carbocycles. The molecular weight excluding hydrogens is 324 g/mol. The van der Waals surface area contributed by atoms with Crippen molar-refractivity contribution < 1.29 is 4.79 Å². The van der Waals surface area contributed by atoms with Crippen LogP contribution in [-0.2, 0) is 7.05 Å². The number of aromatic nitrogens is 3. The lowest BCUT2D eigenvalue weighted by Gasteiger charge is -2.30. The van der Waals surface area contributed by atoms with Crippen molar-refractivity contribution in [1.29, 1.82) is 0 Å². The zero-order valence-corrected chi connectivity index (χ0v) is 15.3. The summed E-state index contributed by atoms with van der Waals surface area (Å²) in [7, 11) is 1.99. The van der Waals surface area contributed by atoms with Gasteiger partial charge in [-0.15, -0.1) is 0 Å². The summed E-state index contributed by atoms with van der Waals surface area (Å²) < 4.78 is 3.80. The van der Waals surface area contributed by atoms with E-state index in [4.69, 9.17) is 5.10 Å². The first-order valence-corrected chi connectivity index (χ1v) is 9.20. The summed E-state index contributed by atoms with van der Waals surface area (Å²) in [4.78, 5) is 15.2. The highest BCUT2D eigenvalue weighted by Crippen LogP contribution is 2.24. The van der Waals surface area contributed by atoms with Crippen LogP contribution in [0.3, 0.4) is 0 Å². The first kappa shape index (κ1) is 16.6. The molecule has 0 spiro atoms. The van der Waals surface area contributed by atoms with Gasteiger partial charge in [0.2, 0.25) is 0 Å². The monoisotopic (exact) mass is 348 g/mol. The van der Waals surface area contributed by atoms with Crippen LogP contribution >= 0.6 is 0 Å². The van der Waals surface area contributed by atoms with Gasteiger partial charge in [-0.3, -0.25) is 4.79 Å². The fourth-order valence-corrected chi connectivity index (χ4v) is 3.53. The molecule has 0 saturated carbocycles. The van der Waals surface area contributed by atoms with Crippen LogP contribution in [0, 0.1) is 5.92 Å². The van der Waals surface area contributed by atoms with Crippen molar-refractivity contribution in [2.24, 2.45) is 13.0 Å². The number of para-hydroxylation sites is 1. The van der Waals surface area contributed by atoms with Crippen molar-refractivity contribution in [1.82, 2.24) is 19.2 Å². The maximum Gasteiger partial charge on any atom is 0.272 e. The highest BCUT2D eigenvalue weighted by Gasteiger charge is 2.26. The Morgan fingerprint density at radius 2 is 1.81 bits per heavy atom. The van der Waals surface area contributed by atoms with E-state index >= 15 is 0 Å². The Kier molecular flexibility index (Phi) is 4.37. The van der Waals surface area contributed by atoms with E-state index in [0.29, 0.717) is 11.6 Å². The van der Waals surface area contributed by atoms with Crippen LogP contribution in [0.5, 0.6) is 0 Å². The molecule has 5 heteroatoms. The number of hydrogen-bond acceptors (Lipinski definition) is 2. The molecule has 0 atom stereocenters. The van der Waals surface area contributed by atoms with E-state index < -0.39 is 0 Å². The maximum absolute atomic E-state index is 13.2. The van der Waals surface area contributed by atoms with E-state index in [1.807, 2.05) is 71.2 Å². The van der Waals surface area contributed by atoms with Gasteiger partial charge in [0.1, 0.15) is 11.4 Å². The minimum Gasteiger partial charge on any atom is -0.349 e. The molecule has 1 saturated heterocycles. The zero-order valence-electron chi connectivity index (χ0n) is 15.3. The quantitative estimate of drug-likeness (QED) is 0.723. The van der Waals surface area contributed by atoms with E-state index in [9.17, 15) is 4.79 Å². The third-order valence-corrected chi connectivity index (χ3v) is 5.21. The minimum atomic E-state index is 0.0636. The van der Waals surface area contributed by atoms with E-state index in [0.717, 1.165) is 43.0 Å². The van der Waals surface area contributed by atoms with Gasteiger partial charge < -0.3 is 9.47 Å². The summed E-state index contributed by atoms with van der Waals surface area (Å²) in [6.07, 6.45) is 4.12. The standard InChI is InChI=1S/C21H24N4O/c1-16-10-13-24(14-11-16)21(26)20-15-18(19-9-6-12-23(19)2)22-25(20)17-7-4-3-5-8-17/h3-9,12,15-16H,10-11,13-14H2,1-2H3. The number of nitrogens with zero attached hydrogens (tertiary/aromatic N) is 4. The number of piperidine rings is 1. The van der Waals surface area contributed by atoms with Crippen LogP contribution in [0.15, 0.2) is 54.7 Å². The third kappa shape index (κ3) is 3.05. The second-order valence-electron chi connectivity index (χ2n) is 7.14. The Bertz CT molecular complexity index is 901. The van der Waals surface area contributed by atoms with Gasteiger partial charge in [0.15, 0.2) is 0 Å². The van der Waals surface area contributed by atoms with Gasteiger partial charge in [-0.05, 0) is 49.1 Å². The third-order valence-electron chi connectivity index (χ3n) is 5.21. The van der Waals surface area contributed by atoms with Crippen molar-refractivity contribution in [2.75, 3.05) is 13.1 Å². The molecule has 1 aliphatic rings. The van der Waals surface area contributed by atoms with Crippen LogP contribution in [0.2, 0.25) is 0 Å². The van der Waals surface area contributed by atoms with Gasteiger partial charge in [-0.2, -0.15) is 5.10 Å². The van der Waals surface area contributed by atoms with E-state index in [2.05, 4.69) is 6.92 Å². The summed E-state index contributed by atoms with van der Waals surface area (Å²) >= 11 is 0. The van der Waals surface area contributed by atoms with Gasteiger partial charge in [-0.1, -0.05) is 25.1 Å². The van der Waals surface area contributed by atoms with E-state index in [-0.39, 0.29) is 5.91 Å². The summed E-state index contributed by atoms with van der Waals surface area (Å²) in [5.74, 6) is 0.755. The Balaban J connectivity index is 1.76. The fraction of sp³-hybridized carbons (Fsp3) is 0.333. The maximum atomic E-state index is 13.2. The van der Waals surface area contributed by atoms with E-state index in [1.54, 1.807) is 4.68 Å².